The van der Waals surface area contributed by atoms with Crippen molar-refractivity contribution in [1.29, 1.82) is 0 Å². The highest BCUT2D eigenvalue weighted by atomic mass is 14.8. The lowest BCUT2D eigenvalue weighted by atomic mass is 10.2. The fraction of sp³-hybridized carbons (Fsp3) is 0.625. The molecule has 0 atom stereocenters. The molecule has 0 saturated heterocycles. The van der Waals surface area contributed by atoms with Gasteiger partial charge in [-0.05, 0) is 25.8 Å². The Bertz CT molecular complexity index is 168. The molecule has 1 aliphatic heterocycles. The highest BCUT2D eigenvalue weighted by Gasteiger charge is 2.01. The van der Waals surface area contributed by atoms with E-state index in [2.05, 4.69) is 23.3 Å². The molecule has 56 valence electrons. The highest BCUT2D eigenvalue weighted by Crippen LogP contribution is 2.05. The van der Waals surface area contributed by atoms with Gasteiger partial charge < -0.3 is 5.32 Å². The minimum atomic E-state index is 1.02. The molecule has 0 bridgehead atoms. The van der Waals surface area contributed by atoms with Gasteiger partial charge in [0.1, 0.15) is 0 Å². The van der Waals surface area contributed by atoms with Crippen LogP contribution in [0.5, 0.6) is 0 Å². The smallest absolute Gasteiger partial charge is 0.0396 e. The predicted octanol–water partition coefficient (Wildman–Crippen LogP) is 1.34. The van der Waals surface area contributed by atoms with Crippen molar-refractivity contribution >= 4 is 5.71 Å². The van der Waals surface area contributed by atoms with Gasteiger partial charge in [-0.3, -0.25) is 4.99 Å². The second kappa shape index (κ2) is 3.40. The molecule has 0 fully saturated rings. The first-order chi connectivity index (χ1) is 4.83. The van der Waals surface area contributed by atoms with Gasteiger partial charge in [-0.25, -0.2) is 0 Å². The summed E-state index contributed by atoms with van der Waals surface area (Å²) in [5.74, 6) is 0. The standard InChI is InChI=1S/C8H14N2/c1-7(9-2)6-8-4-3-5-10-8/h6,9H,3-5H2,1-2H3. The average molecular weight is 138 g/mol. The maximum absolute atomic E-state index is 4.32. The summed E-state index contributed by atoms with van der Waals surface area (Å²) in [4.78, 5) is 4.32. The summed E-state index contributed by atoms with van der Waals surface area (Å²) < 4.78 is 0. The molecule has 0 radical (unpaired) electrons. The van der Waals surface area contributed by atoms with Crippen molar-refractivity contribution in [3.8, 4) is 0 Å². The molecule has 1 rings (SSSR count). The molecule has 0 aliphatic carbocycles. The molecular formula is C8H14N2. The Labute approximate surface area is 62.0 Å². The molecule has 0 amide bonds. The Morgan fingerprint density at radius 2 is 2.50 bits per heavy atom. The molecule has 1 aliphatic rings. The van der Waals surface area contributed by atoms with Crippen LogP contribution in [0.2, 0.25) is 0 Å². The first-order valence-electron chi connectivity index (χ1n) is 3.72. The Balaban J connectivity index is 2.50. The summed E-state index contributed by atoms with van der Waals surface area (Å²) in [5, 5.41) is 3.07. The number of nitrogens with one attached hydrogen (secondary N) is 1. The van der Waals surface area contributed by atoms with Crippen LogP contribution in [0.15, 0.2) is 16.8 Å². The van der Waals surface area contributed by atoms with Gasteiger partial charge in [0.05, 0.1) is 0 Å². The predicted molar refractivity (Wildman–Crippen MR) is 44.4 cm³/mol. The third kappa shape index (κ3) is 1.87. The number of allylic oxidation sites excluding steroid dienone is 2. The number of nitrogens with zero attached hydrogens (tertiary/aromatic N) is 1. The molecule has 1 N–H and O–H groups in total. The first kappa shape index (κ1) is 7.32. The van der Waals surface area contributed by atoms with E-state index in [1.54, 1.807) is 0 Å². The highest BCUT2D eigenvalue weighted by molar-refractivity contribution is 5.96. The maximum atomic E-state index is 4.32. The second-order valence-corrected chi connectivity index (χ2v) is 2.55. The summed E-state index contributed by atoms with van der Waals surface area (Å²) in [5.41, 5.74) is 2.44. The summed E-state index contributed by atoms with van der Waals surface area (Å²) in [6, 6.07) is 0. The fourth-order valence-electron chi connectivity index (χ4n) is 1.00. The van der Waals surface area contributed by atoms with Crippen molar-refractivity contribution in [2.75, 3.05) is 13.6 Å². The molecule has 2 heteroatoms. The van der Waals surface area contributed by atoms with Gasteiger partial charge in [-0.2, -0.15) is 0 Å². The van der Waals surface area contributed by atoms with E-state index in [-0.39, 0.29) is 0 Å². The third-order valence-electron chi connectivity index (χ3n) is 1.68. The van der Waals surface area contributed by atoms with Gasteiger partial charge in [0.2, 0.25) is 0 Å². The Kier molecular flexibility index (Phi) is 2.49. The summed E-state index contributed by atoms with van der Waals surface area (Å²) in [6.45, 7) is 3.07. The van der Waals surface area contributed by atoms with Gasteiger partial charge >= 0.3 is 0 Å². The topological polar surface area (TPSA) is 24.4 Å². The van der Waals surface area contributed by atoms with Crippen LogP contribution in [-0.2, 0) is 0 Å². The molecule has 0 saturated carbocycles. The van der Waals surface area contributed by atoms with E-state index >= 15 is 0 Å². The Morgan fingerprint density at radius 3 is 3.00 bits per heavy atom. The lowest BCUT2D eigenvalue weighted by Crippen LogP contribution is -2.03. The van der Waals surface area contributed by atoms with Crippen molar-refractivity contribution < 1.29 is 0 Å². The summed E-state index contributed by atoms with van der Waals surface area (Å²) >= 11 is 0. The van der Waals surface area contributed by atoms with Crippen molar-refractivity contribution in [3.05, 3.63) is 11.8 Å². The van der Waals surface area contributed by atoms with Crippen LogP contribution in [0.4, 0.5) is 0 Å². The van der Waals surface area contributed by atoms with Crippen molar-refractivity contribution in [2.24, 2.45) is 4.99 Å². The number of hydrogen-bond donors (Lipinski definition) is 1. The van der Waals surface area contributed by atoms with Gasteiger partial charge in [0.25, 0.3) is 0 Å². The minimum Gasteiger partial charge on any atom is -0.392 e. The first-order valence-corrected chi connectivity index (χ1v) is 3.72. The zero-order chi connectivity index (χ0) is 7.40. The van der Waals surface area contributed by atoms with E-state index in [0.29, 0.717) is 0 Å². The van der Waals surface area contributed by atoms with E-state index in [1.807, 2.05) is 7.05 Å². The molecule has 0 aromatic heterocycles. The van der Waals surface area contributed by atoms with Gasteiger partial charge in [0.15, 0.2) is 0 Å². The zero-order valence-electron chi connectivity index (χ0n) is 6.65. The largest absolute Gasteiger partial charge is 0.392 e. The summed E-state index contributed by atoms with van der Waals surface area (Å²) in [6.07, 6.45) is 4.49. The zero-order valence-corrected chi connectivity index (χ0v) is 6.65. The molecule has 0 unspecified atom stereocenters. The van der Waals surface area contributed by atoms with E-state index < -0.39 is 0 Å². The van der Waals surface area contributed by atoms with E-state index in [0.717, 1.165) is 13.0 Å². The Hall–Kier alpha value is -0.790. The lowest BCUT2D eigenvalue weighted by Gasteiger charge is -1.97. The lowest BCUT2D eigenvalue weighted by molar-refractivity contribution is 0.950. The van der Waals surface area contributed by atoms with E-state index in [9.17, 15) is 0 Å². The Morgan fingerprint density at radius 1 is 1.70 bits per heavy atom. The third-order valence-corrected chi connectivity index (χ3v) is 1.68. The second-order valence-electron chi connectivity index (χ2n) is 2.55. The van der Waals surface area contributed by atoms with Crippen LogP contribution in [0.25, 0.3) is 0 Å². The SMILES string of the molecule is CNC(C)=CC1=NCCC1. The monoisotopic (exact) mass is 138 g/mol. The van der Waals surface area contributed by atoms with Crippen LogP contribution in [0, 0.1) is 0 Å². The van der Waals surface area contributed by atoms with Gasteiger partial charge in [0, 0.05) is 25.0 Å². The molecule has 0 aromatic carbocycles. The fourth-order valence-corrected chi connectivity index (χ4v) is 1.00. The van der Waals surface area contributed by atoms with E-state index in [1.165, 1.54) is 17.8 Å². The molecule has 1 heterocycles. The maximum Gasteiger partial charge on any atom is 0.0396 e. The molecule has 10 heavy (non-hydrogen) atoms. The normalized spacial score (nSPS) is 19.0. The number of rotatable bonds is 2. The summed E-state index contributed by atoms with van der Waals surface area (Å²) in [7, 11) is 1.93. The molecule has 0 spiro atoms. The van der Waals surface area contributed by atoms with Crippen molar-refractivity contribution in [2.45, 2.75) is 19.8 Å². The minimum absolute atomic E-state index is 1.02. The van der Waals surface area contributed by atoms with Crippen molar-refractivity contribution in [1.82, 2.24) is 5.32 Å². The van der Waals surface area contributed by atoms with Gasteiger partial charge in [-0.15, -0.1) is 0 Å². The quantitative estimate of drug-likeness (QED) is 0.612. The van der Waals surface area contributed by atoms with Crippen molar-refractivity contribution in [3.63, 3.8) is 0 Å². The molecular weight excluding hydrogens is 124 g/mol. The molecule has 0 aromatic rings. The van der Waals surface area contributed by atoms with Crippen LogP contribution < -0.4 is 5.32 Å². The van der Waals surface area contributed by atoms with Gasteiger partial charge in [-0.1, -0.05) is 0 Å². The number of hydrogen-bond acceptors (Lipinski definition) is 2. The average Bonchev–Trinajstić information content (AvgIpc) is 2.40. The van der Waals surface area contributed by atoms with Crippen LogP contribution in [0.1, 0.15) is 19.8 Å². The molecule has 2 nitrogen and oxygen atoms in total. The van der Waals surface area contributed by atoms with Crippen LogP contribution in [-0.4, -0.2) is 19.3 Å². The number of aliphatic imine (C=N–C) groups is 1. The van der Waals surface area contributed by atoms with Crippen LogP contribution >= 0.6 is 0 Å². The van der Waals surface area contributed by atoms with Crippen LogP contribution in [0.3, 0.4) is 0 Å². The van der Waals surface area contributed by atoms with E-state index in [4.69, 9.17) is 0 Å².